The van der Waals surface area contributed by atoms with Crippen LogP contribution in [-0.4, -0.2) is 19.8 Å². The number of nitrogens with zero attached hydrogens (tertiary/aromatic N) is 1. The highest BCUT2D eigenvalue weighted by Gasteiger charge is 2.31. The molecule has 24 heavy (non-hydrogen) atoms. The first kappa shape index (κ1) is 16.3. The first-order valence-electron chi connectivity index (χ1n) is 6.72. The van der Waals surface area contributed by atoms with E-state index in [4.69, 9.17) is 0 Å². The number of para-hydroxylation sites is 1. The SMILES string of the molecule is O=S(=O)(c1cccc(OC(F)(F)F)c1)c1cccc2cccnc12. The lowest BCUT2D eigenvalue weighted by atomic mass is 10.2. The molecule has 0 bridgehead atoms. The van der Waals surface area contributed by atoms with E-state index >= 15 is 0 Å². The van der Waals surface area contributed by atoms with Gasteiger partial charge >= 0.3 is 6.36 Å². The van der Waals surface area contributed by atoms with Crippen LogP contribution in [0.3, 0.4) is 0 Å². The third kappa shape index (κ3) is 3.18. The molecular formula is C16H10F3NO3S. The lowest BCUT2D eigenvalue weighted by Crippen LogP contribution is -2.17. The van der Waals surface area contributed by atoms with Crippen molar-refractivity contribution in [3.63, 3.8) is 0 Å². The molecule has 0 unspecified atom stereocenters. The maximum absolute atomic E-state index is 12.8. The average molecular weight is 353 g/mol. The average Bonchev–Trinajstić information content (AvgIpc) is 2.53. The Morgan fingerprint density at radius 1 is 0.958 bits per heavy atom. The molecule has 0 aliphatic carbocycles. The maximum atomic E-state index is 12.8. The van der Waals surface area contributed by atoms with Gasteiger partial charge in [0, 0.05) is 11.6 Å². The van der Waals surface area contributed by atoms with Gasteiger partial charge in [0.05, 0.1) is 15.3 Å². The van der Waals surface area contributed by atoms with Gasteiger partial charge in [0.15, 0.2) is 0 Å². The zero-order valence-corrected chi connectivity index (χ0v) is 12.8. The van der Waals surface area contributed by atoms with Crippen LogP contribution >= 0.6 is 0 Å². The van der Waals surface area contributed by atoms with Crippen molar-refractivity contribution >= 4 is 20.7 Å². The molecule has 0 aliphatic rings. The molecule has 124 valence electrons. The van der Waals surface area contributed by atoms with Crippen LogP contribution in [0.1, 0.15) is 0 Å². The fraction of sp³-hybridized carbons (Fsp3) is 0.0625. The van der Waals surface area contributed by atoms with Crippen LogP contribution in [0.2, 0.25) is 0 Å². The summed E-state index contributed by atoms with van der Waals surface area (Å²) in [5.74, 6) is -0.600. The summed E-state index contributed by atoms with van der Waals surface area (Å²) >= 11 is 0. The molecule has 0 N–H and O–H groups in total. The van der Waals surface area contributed by atoms with E-state index in [2.05, 4.69) is 9.72 Å². The number of halogens is 3. The van der Waals surface area contributed by atoms with Crippen LogP contribution in [0, 0.1) is 0 Å². The van der Waals surface area contributed by atoms with Gasteiger partial charge in [0.2, 0.25) is 9.84 Å². The second-order valence-electron chi connectivity index (χ2n) is 4.86. The summed E-state index contributed by atoms with van der Waals surface area (Å²) < 4.78 is 66.3. The number of ether oxygens (including phenoxy) is 1. The molecule has 4 nitrogen and oxygen atoms in total. The Morgan fingerprint density at radius 2 is 1.67 bits per heavy atom. The molecule has 0 radical (unpaired) electrons. The normalized spacial score (nSPS) is 12.3. The molecule has 0 aliphatic heterocycles. The molecular weight excluding hydrogens is 343 g/mol. The predicted octanol–water partition coefficient (Wildman–Crippen LogP) is 3.97. The van der Waals surface area contributed by atoms with Crippen molar-refractivity contribution in [2.75, 3.05) is 0 Å². The van der Waals surface area contributed by atoms with Crippen molar-refractivity contribution in [3.05, 3.63) is 60.8 Å². The first-order chi connectivity index (χ1) is 11.3. The number of sulfone groups is 1. The van der Waals surface area contributed by atoms with E-state index in [9.17, 15) is 21.6 Å². The number of fused-ring (bicyclic) bond motifs is 1. The lowest BCUT2D eigenvalue weighted by Gasteiger charge is -2.11. The molecule has 0 spiro atoms. The highest BCUT2D eigenvalue weighted by atomic mass is 32.2. The zero-order valence-electron chi connectivity index (χ0n) is 12.0. The van der Waals surface area contributed by atoms with Crippen molar-refractivity contribution in [3.8, 4) is 5.75 Å². The van der Waals surface area contributed by atoms with Crippen molar-refractivity contribution in [1.29, 1.82) is 0 Å². The largest absolute Gasteiger partial charge is 0.573 e. The van der Waals surface area contributed by atoms with E-state index in [1.54, 1.807) is 24.3 Å². The standard InChI is InChI=1S/C16H10F3NO3S/c17-16(18,19)23-12-6-2-7-13(10-12)24(21,22)14-8-1-4-11-5-3-9-20-15(11)14/h1-10H. The third-order valence-electron chi connectivity index (χ3n) is 3.23. The maximum Gasteiger partial charge on any atom is 0.573 e. The molecule has 8 heteroatoms. The summed E-state index contributed by atoms with van der Waals surface area (Å²) in [6, 6.07) is 12.2. The minimum Gasteiger partial charge on any atom is -0.406 e. The van der Waals surface area contributed by atoms with Crippen molar-refractivity contribution in [2.24, 2.45) is 0 Å². The third-order valence-corrected chi connectivity index (χ3v) is 5.02. The summed E-state index contributed by atoms with van der Waals surface area (Å²) in [6.07, 6.45) is -3.45. The van der Waals surface area contributed by atoms with Crippen LogP contribution in [0.4, 0.5) is 13.2 Å². The monoisotopic (exact) mass is 353 g/mol. The predicted molar refractivity (Wildman–Crippen MR) is 80.3 cm³/mol. The van der Waals surface area contributed by atoms with Crippen molar-refractivity contribution in [1.82, 2.24) is 4.98 Å². The van der Waals surface area contributed by atoms with Gasteiger partial charge in [-0.1, -0.05) is 24.3 Å². The van der Waals surface area contributed by atoms with Gasteiger partial charge in [0.25, 0.3) is 0 Å². The summed E-state index contributed by atoms with van der Waals surface area (Å²) in [7, 11) is -4.05. The van der Waals surface area contributed by atoms with Gasteiger partial charge in [-0.3, -0.25) is 4.98 Å². The van der Waals surface area contributed by atoms with E-state index < -0.39 is 21.9 Å². The number of benzene rings is 2. The van der Waals surface area contributed by atoms with Crippen LogP contribution in [-0.2, 0) is 9.84 Å². The fourth-order valence-corrected chi connectivity index (χ4v) is 3.72. The highest BCUT2D eigenvalue weighted by Crippen LogP contribution is 2.30. The van der Waals surface area contributed by atoms with E-state index in [0.717, 1.165) is 12.1 Å². The Bertz CT molecular complexity index is 995. The topological polar surface area (TPSA) is 56.3 Å². The molecule has 0 saturated carbocycles. The van der Waals surface area contributed by atoms with Gasteiger partial charge < -0.3 is 4.74 Å². The number of pyridine rings is 1. The molecule has 0 saturated heterocycles. The molecule has 3 aromatic rings. The van der Waals surface area contributed by atoms with Crippen LogP contribution < -0.4 is 4.74 Å². The quantitative estimate of drug-likeness (QED) is 0.715. The van der Waals surface area contributed by atoms with Crippen LogP contribution in [0.15, 0.2) is 70.6 Å². The second kappa shape index (κ2) is 5.79. The van der Waals surface area contributed by atoms with E-state index in [0.29, 0.717) is 5.39 Å². The number of hydrogen-bond acceptors (Lipinski definition) is 4. The Balaban J connectivity index is 2.12. The minimum absolute atomic E-state index is 0.0789. The van der Waals surface area contributed by atoms with Crippen molar-refractivity contribution < 1.29 is 26.3 Å². The molecule has 0 atom stereocenters. The Labute approximate surface area is 135 Å². The fourth-order valence-electron chi connectivity index (χ4n) is 2.26. The minimum atomic E-state index is -4.90. The van der Waals surface area contributed by atoms with Crippen molar-refractivity contribution in [2.45, 2.75) is 16.2 Å². The number of rotatable bonds is 3. The van der Waals surface area contributed by atoms with Gasteiger partial charge in [-0.05, 0) is 30.3 Å². The van der Waals surface area contributed by atoms with Crippen LogP contribution in [0.25, 0.3) is 10.9 Å². The van der Waals surface area contributed by atoms with Gasteiger partial charge in [-0.25, -0.2) is 8.42 Å². The molecule has 3 rings (SSSR count). The van der Waals surface area contributed by atoms with Crippen LogP contribution in [0.5, 0.6) is 5.75 Å². The molecule has 2 aromatic carbocycles. The summed E-state index contributed by atoms with van der Waals surface area (Å²) in [5.41, 5.74) is 0.252. The van der Waals surface area contributed by atoms with E-state index in [1.165, 1.54) is 24.4 Å². The first-order valence-corrected chi connectivity index (χ1v) is 8.20. The summed E-state index contributed by atoms with van der Waals surface area (Å²) in [6.45, 7) is 0. The highest BCUT2D eigenvalue weighted by molar-refractivity contribution is 7.91. The number of alkyl halides is 3. The number of hydrogen-bond donors (Lipinski definition) is 0. The summed E-state index contributed by atoms with van der Waals surface area (Å²) in [4.78, 5) is 3.68. The van der Waals surface area contributed by atoms with E-state index in [-0.39, 0.29) is 15.3 Å². The Hall–Kier alpha value is -2.61. The van der Waals surface area contributed by atoms with Gasteiger partial charge in [0.1, 0.15) is 5.75 Å². The molecule has 1 aromatic heterocycles. The number of aromatic nitrogens is 1. The zero-order chi connectivity index (χ0) is 17.4. The lowest BCUT2D eigenvalue weighted by molar-refractivity contribution is -0.274. The Morgan fingerprint density at radius 3 is 2.42 bits per heavy atom. The Kier molecular flexibility index (Phi) is 3.92. The molecule has 0 fully saturated rings. The van der Waals surface area contributed by atoms with E-state index in [1.807, 2.05) is 0 Å². The molecule has 1 heterocycles. The summed E-state index contributed by atoms with van der Waals surface area (Å²) in [5, 5.41) is 0.612. The molecule has 0 amide bonds. The van der Waals surface area contributed by atoms with Gasteiger partial charge in [-0.2, -0.15) is 0 Å². The van der Waals surface area contributed by atoms with Gasteiger partial charge in [-0.15, -0.1) is 13.2 Å². The smallest absolute Gasteiger partial charge is 0.406 e. The second-order valence-corrected chi connectivity index (χ2v) is 6.78.